The van der Waals surface area contributed by atoms with Crippen LogP contribution in [-0.4, -0.2) is 37.5 Å². The number of sulfonamides is 1. The second-order valence-electron chi connectivity index (χ2n) is 4.62. The predicted octanol–water partition coefficient (Wildman–Crippen LogP) is 1.78. The van der Waals surface area contributed by atoms with Gasteiger partial charge in [-0.05, 0) is 50.2 Å². The van der Waals surface area contributed by atoms with E-state index in [2.05, 4.69) is 10.6 Å². The Hall–Kier alpha value is -1.18. The van der Waals surface area contributed by atoms with Crippen LogP contribution in [0.3, 0.4) is 0 Å². The molecule has 0 radical (unpaired) electrons. The van der Waals surface area contributed by atoms with E-state index in [1.165, 1.54) is 4.31 Å². The van der Waals surface area contributed by atoms with E-state index >= 15 is 0 Å². The summed E-state index contributed by atoms with van der Waals surface area (Å²) in [5, 5.41) is 6.44. The van der Waals surface area contributed by atoms with Gasteiger partial charge in [-0.3, -0.25) is 0 Å². The molecule has 0 saturated carbocycles. The molecule has 2 rings (SSSR count). The molecule has 1 saturated heterocycles. The molecular weight excluding hydrogens is 294 g/mol. The highest BCUT2D eigenvalue weighted by molar-refractivity contribution is 7.89. The first-order chi connectivity index (χ1) is 9.54. The molecule has 1 aliphatic rings. The third-order valence-electron chi connectivity index (χ3n) is 3.13. The first-order valence-corrected chi connectivity index (χ1v) is 8.54. The van der Waals surface area contributed by atoms with E-state index in [0.717, 1.165) is 19.4 Å². The van der Waals surface area contributed by atoms with Gasteiger partial charge in [-0.25, -0.2) is 8.42 Å². The highest BCUT2D eigenvalue weighted by Gasteiger charge is 2.27. The van der Waals surface area contributed by atoms with Crippen molar-refractivity contribution in [3.8, 4) is 0 Å². The van der Waals surface area contributed by atoms with Crippen LogP contribution in [0, 0.1) is 0 Å². The maximum Gasteiger partial charge on any atom is 0.243 e. The lowest BCUT2D eigenvalue weighted by atomic mass is 10.3. The summed E-state index contributed by atoms with van der Waals surface area (Å²) < 4.78 is 26.4. The molecule has 1 aromatic carbocycles. The van der Waals surface area contributed by atoms with Crippen LogP contribution < -0.4 is 10.6 Å². The average Bonchev–Trinajstić information content (AvgIpc) is 2.94. The number of anilines is 1. The molecule has 0 bridgehead atoms. The van der Waals surface area contributed by atoms with E-state index in [4.69, 9.17) is 12.2 Å². The Morgan fingerprint density at radius 2 is 2.05 bits per heavy atom. The quantitative estimate of drug-likeness (QED) is 0.830. The van der Waals surface area contributed by atoms with E-state index in [1.54, 1.807) is 24.3 Å². The minimum Gasteiger partial charge on any atom is -0.363 e. The summed E-state index contributed by atoms with van der Waals surface area (Å²) in [5.41, 5.74) is 0.677. The first kappa shape index (κ1) is 15.2. The molecule has 5 nitrogen and oxygen atoms in total. The molecule has 7 heteroatoms. The molecule has 0 amide bonds. The van der Waals surface area contributed by atoms with Crippen molar-refractivity contribution in [2.24, 2.45) is 0 Å². The summed E-state index contributed by atoms with van der Waals surface area (Å²) in [6, 6.07) is 6.76. The molecule has 1 fully saturated rings. The van der Waals surface area contributed by atoms with Crippen LogP contribution >= 0.6 is 12.2 Å². The van der Waals surface area contributed by atoms with Gasteiger partial charge in [0.05, 0.1) is 4.90 Å². The minimum atomic E-state index is -3.38. The fraction of sp³-hybridized carbons (Fsp3) is 0.462. The van der Waals surface area contributed by atoms with Crippen LogP contribution in [0.15, 0.2) is 29.2 Å². The standard InChI is InChI=1S/C13H19N3O2S2/c1-2-14-13(19)15-11-6-5-7-12(10-11)20(17,18)16-8-3-4-9-16/h5-7,10H,2-4,8-9H2,1H3,(H2,14,15,19). The van der Waals surface area contributed by atoms with E-state index in [0.29, 0.717) is 28.8 Å². The zero-order valence-electron chi connectivity index (χ0n) is 11.4. The van der Waals surface area contributed by atoms with Crippen molar-refractivity contribution in [3.63, 3.8) is 0 Å². The van der Waals surface area contributed by atoms with Crippen molar-refractivity contribution in [1.29, 1.82) is 0 Å². The molecule has 1 aliphatic heterocycles. The normalized spacial score (nSPS) is 16.1. The summed E-state index contributed by atoms with van der Waals surface area (Å²) in [5.74, 6) is 0. The van der Waals surface area contributed by atoms with Gasteiger partial charge in [0, 0.05) is 25.3 Å². The van der Waals surface area contributed by atoms with Crippen molar-refractivity contribution in [3.05, 3.63) is 24.3 Å². The van der Waals surface area contributed by atoms with Gasteiger partial charge in [-0.1, -0.05) is 6.07 Å². The largest absolute Gasteiger partial charge is 0.363 e. The fourth-order valence-corrected chi connectivity index (χ4v) is 3.97. The Morgan fingerprint density at radius 3 is 2.70 bits per heavy atom. The van der Waals surface area contributed by atoms with Gasteiger partial charge in [0.15, 0.2) is 5.11 Å². The monoisotopic (exact) mass is 313 g/mol. The van der Waals surface area contributed by atoms with E-state index < -0.39 is 10.0 Å². The number of nitrogens with one attached hydrogen (secondary N) is 2. The van der Waals surface area contributed by atoms with E-state index in [-0.39, 0.29) is 0 Å². The van der Waals surface area contributed by atoms with Gasteiger partial charge < -0.3 is 10.6 Å². The molecule has 0 unspecified atom stereocenters. The first-order valence-electron chi connectivity index (χ1n) is 6.69. The van der Waals surface area contributed by atoms with Gasteiger partial charge in [0.2, 0.25) is 10.0 Å². The van der Waals surface area contributed by atoms with E-state index in [1.807, 2.05) is 6.92 Å². The Morgan fingerprint density at radius 1 is 1.35 bits per heavy atom. The van der Waals surface area contributed by atoms with Crippen molar-refractivity contribution in [2.75, 3.05) is 25.0 Å². The molecule has 1 aromatic rings. The van der Waals surface area contributed by atoms with E-state index in [9.17, 15) is 8.42 Å². The molecule has 0 spiro atoms. The maximum absolute atomic E-state index is 12.4. The lowest BCUT2D eigenvalue weighted by Gasteiger charge is -2.16. The van der Waals surface area contributed by atoms with Crippen molar-refractivity contribution in [1.82, 2.24) is 9.62 Å². The summed E-state index contributed by atoms with van der Waals surface area (Å²) >= 11 is 5.10. The molecule has 110 valence electrons. The van der Waals surface area contributed by atoms with Crippen molar-refractivity contribution < 1.29 is 8.42 Å². The Balaban J connectivity index is 2.18. The summed E-state index contributed by atoms with van der Waals surface area (Å²) in [6.07, 6.45) is 1.86. The van der Waals surface area contributed by atoms with Gasteiger partial charge in [-0.15, -0.1) is 0 Å². The Bertz CT molecular complexity index is 581. The van der Waals surface area contributed by atoms with Crippen molar-refractivity contribution in [2.45, 2.75) is 24.7 Å². The number of hydrogen-bond acceptors (Lipinski definition) is 3. The predicted molar refractivity (Wildman–Crippen MR) is 84.3 cm³/mol. The SMILES string of the molecule is CCNC(=S)Nc1cccc(S(=O)(=O)N2CCCC2)c1. The third-order valence-corrected chi connectivity index (χ3v) is 5.27. The summed E-state index contributed by atoms with van der Waals surface area (Å²) in [4.78, 5) is 0.309. The van der Waals surface area contributed by atoms with Crippen LogP contribution in [0.5, 0.6) is 0 Å². The smallest absolute Gasteiger partial charge is 0.243 e. The molecule has 2 N–H and O–H groups in total. The number of nitrogens with zero attached hydrogens (tertiary/aromatic N) is 1. The lowest BCUT2D eigenvalue weighted by molar-refractivity contribution is 0.477. The lowest BCUT2D eigenvalue weighted by Crippen LogP contribution is -2.29. The van der Waals surface area contributed by atoms with Crippen LogP contribution in [-0.2, 0) is 10.0 Å². The Labute approximate surface area is 125 Å². The molecule has 0 atom stereocenters. The third kappa shape index (κ3) is 3.47. The number of benzene rings is 1. The number of thiocarbonyl (C=S) groups is 1. The van der Waals surface area contributed by atoms with Crippen molar-refractivity contribution >= 4 is 33.0 Å². The molecule has 0 aromatic heterocycles. The molecule has 20 heavy (non-hydrogen) atoms. The maximum atomic E-state index is 12.4. The highest BCUT2D eigenvalue weighted by Crippen LogP contribution is 2.22. The number of rotatable bonds is 4. The van der Waals surface area contributed by atoms with Gasteiger partial charge in [0.25, 0.3) is 0 Å². The number of hydrogen-bond donors (Lipinski definition) is 2. The highest BCUT2D eigenvalue weighted by atomic mass is 32.2. The van der Waals surface area contributed by atoms with Gasteiger partial charge in [0.1, 0.15) is 0 Å². The average molecular weight is 313 g/mol. The Kier molecular flexibility index (Phi) is 4.95. The second kappa shape index (κ2) is 6.51. The summed E-state index contributed by atoms with van der Waals surface area (Å²) in [7, 11) is -3.38. The zero-order valence-corrected chi connectivity index (χ0v) is 13.1. The van der Waals surface area contributed by atoms with Crippen LogP contribution in [0.2, 0.25) is 0 Å². The van der Waals surface area contributed by atoms with Gasteiger partial charge >= 0.3 is 0 Å². The zero-order chi connectivity index (χ0) is 14.6. The van der Waals surface area contributed by atoms with Gasteiger partial charge in [-0.2, -0.15) is 4.31 Å². The minimum absolute atomic E-state index is 0.309. The molecular formula is C13H19N3O2S2. The summed E-state index contributed by atoms with van der Waals surface area (Å²) in [6.45, 7) is 3.88. The molecule has 1 heterocycles. The van der Waals surface area contributed by atoms with Crippen LogP contribution in [0.1, 0.15) is 19.8 Å². The topological polar surface area (TPSA) is 61.4 Å². The molecule has 0 aliphatic carbocycles. The second-order valence-corrected chi connectivity index (χ2v) is 6.97. The fourth-order valence-electron chi connectivity index (χ4n) is 2.15. The van der Waals surface area contributed by atoms with Crippen LogP contribution in [0.4, 0.5) is 5.69 Å². The van der Waals surface area contributed by atoms with Crippen LogP contribution in [0.25, 0.3) is 0 Å².